The molecule has 0 saturated heterocycles. The molecule has 1 aromatic carbocycles. The maximum atomic E-state index is 12.1. The number of carbonyl (C=O) groups is 2. The lowest BCUT2D eigenvalue weighted by atomic mass is 10.00. The van der Waals surface area contributed by atoms with E-state index in [2.05, 4.69) is 11.4 Å². The Morgan fingerprint density at radius 1 is 1.35 bits per heavy atom. The van der Waals surface area contributed by atoms with E-state index in [0.29, 0.717) is 13.1 Å². The van der Waals surface area contributed by atoms with E-state index in [4.69, 9.17) is 5.73 Å². The van der Waals surface area contributed by atoms with Crippen molar-refractivity contribution in [2.24, 2.45) is 11.7 Å². The number of carbonyl (C=O) groups excluding carboxylic acids is 2. The quantitative estimate of drug-likeness (QED) is 0.829. The van der Waals surface area contributed by atoms with Crippen LogP contribution >= 0.6 is 0 Å². The molecule has 5 nitrogen and oxygen atoms in total. The molecule has 1 unspecified atom stereocenters. The SMILES string of the molecule is CC(CN)C(=O)NCC(=O)N1CCc2ccccc2C1. The van der Waals surface area contributed by atoms with Crippen molar-refractivity contribution in [3.8, 4) is 0 Å². The van der Waals surface area contributed by atoms with Gasteiger partial charge in [0, 0.05) is 25.6 Å². The zero-order valence-corrected chi connectivity index (χ0v) is 11.8. The molecule has 0 bridgehead atoms. The molecule has 5 heteroatoms. The second-order valence-corrected chi connectivity index (χ2v) is 5.19. The van der Waals surface area contributed by atoms with Crippen molar-refractivity contribution < 1.29 is 9.59 Å². The van der Waals surface area contributed by atoms with E-state index in [0.717, 1.165) is 6.42 Å². The van der Waals surface area contributed by atoms with Crippen LogP contribution in [0.2, 0.25) is 0 Å². The van der Waals surface area contributed by atoms with Gasteiger partial charge in [-0.05, 0) is 17.5 Å². The molecule has 1 aromatic rings. The summed E-state index contributed by atoms with van der Waals surface area (Å²) in [5, 5.41) is 2.64. The maximum absolute atomic E-state index is 12.1. The predicted molar refractivity (Wildman–Crippen MR) is 76.8 cm³/mol. The fourth-order valence-corrected chi connectivity index (χ4v) is 2.26. The van der Waals surface area contributed by atoms with Gasteiger partial charge in [0.1, 0.15) is 0 Å². The highest BCUT2D eigenvalue weighted by molar-refractivity contribution is 5.85. The van der Waals surface area contributed by atoms with Gasteiger partial charge < -0.3 is 16.0 Å². The summed E-state index contributed by atoms with van der Waals surface area (Å²) in [6.45, 7) is 3.41. The van der Waals surface area contributed by atoms with Crippen LogP contribution in [0.25, 0.3) is 0 Å². The van der Waals surface area contributed by atoms with Gasteiger partial charge >= 0.3 is 0 Å². The third-order valence-corrected chi connectivity index (χ3v) is 3.70. The number of hydrogen-bond acceptors (Lipinski definition) is 3. The first kappa shape index (κ1) is 14.5. The zero-order chi connectivity index (χ0) is 14.5. The molecule has 1 atom stereocenters. The normalized spacial score (nSPS) is 15.4. The molecule has 2 amide bonds. The summed E-state index contributed by atoms with van der Waals surface area (Å²) in [4.78, 5) is 25.5. The first-order valence-electron chi connectivity index (χ1n) is 6.94. The van der Waals surface area contributed by atoms with Crippen molar-refractivity contribution in [3.05, 3.63) is 35.4 Å². The van der Waals surface area contributed by atoms with Gasteiger partial charge in [-0.2, -0.15) is 0 Å². The number of hydrogen-bond donors (Lipinski definition) is 2. The average molecular weight is 275 g/mol. The summed E-state index contributed by atoms with van der Waals surface area (Å²) in [7, 11) is 0. The summed E-state index contributed by atoms with van der Waals surface area (Å²) in [5.41, 5.74) is 7.91. The Kier molecular flexibility index (Phi) is 4.74. The Balaban J connectivity index is 1.87. The Morgan fingerprint density at radius 3 is 2.75 bits per heavy atom. The third kappa shape index (κ3) is 3.36. The summed E-state index contributed by atoms with van der Waals surface area (Å²) in [6.07, 6.45) is 0.870. The van der Waals surface area contributed by atoms with E-state index in [1.165, 1.54) is 11.1 Å². The van der Waals surface area contributed by atoms with Gasteiger partial charge in [0.05, 0.1) is 6.54 Å². The number of nitrogens with one attached hydrogen (secondary N) is 1. The topological polar surface area (TPSA) is 75.4 Å². The summed E-state index contributed by atoms with van der Waals surface area (Å²) >= 11 is 0. The Labute approximate surface area is 119 Å². The number of nitrogens with zero attached hydrogens (tertiary/aromatic N) is 1. The lowest BCUT2D eigenvalue weighted by Gasteiger charge is -2.29. The highest BCUT2D eigenvalue weighted by atomic mass is 16.2. The fraction of sp³-hybridized carbons (Fsp3) is 0.467. The van der Waals surface area contributed by atoms with Gasteiger partial charge in [0.2, 0.25) is 11.8 Å². The Hall–Kier alpha value is -1.88. The van der Waals surface area contributed by atoms with E-state index < -0.39 is 0 Å². The molecule has 2 rings (SSSR count). The zero-order valence-electron chi connectivity index (χ0n) is 11.8. The summed E-state index contributed by atoms with van der Waals surface area (Å²) in [5.74, 6) is -0.472. The molecule has 0 spiro atoms. The van der Waals surface area contributed by atoms with Gasteiger partial charge in [0.15, 0.2) is 0 Å². The summed E-state index contributed by atoms with van der Waals surface area (Å²) in [6, 6.07) is 8.15. The molecular formula is C15H21N3O2. The molecule has 1 aliphatic rings. The smallest absolute Gasteiger partial charge is 0.242 e. The van der Waals surface area contributed by atoms with Gasteiger partial charge in [0.25, 0.3) is 0 Å². The van der Waals surface area contributed by atoms with Crippen LogP contribution in [0.3, 0.4) is 0 Å². The van der Waals surface area contributed by atoms with E-state index >= 15 is 0 Å². The van der Waals surface area contributed by atoms with Crippen molar-refractivity contribution in [2.45, 2.75) is 19.9 Å². The highest BCUT2D eigenvalue weighted by Crippen LogP contribution is 2.18. The van der Waals surface area contributed by atoms with Crippen LogP contribution in [0.15, 0.2) is 24.3 Å². The predicted octanol–water partition coefficient (Wildman–Crippen LogP) is 0.282. The van der Waals surface area contributed by atoms with Crippen LogP contribution in [-0.4, -0.2) is 36.3 Å². The molecule has 0 fully saturated rings. The minimum Gasteiger partial charge on any atom is -0.347 e. The minimum absolute atomic E-state index is 0.0444. The van der Waals surface area contributed by atoms with Gasteiger partial charge in [-0.25, -0.2) is 0 Å². The van der Waals surface area contributed by atoms with E-state index in [1.807, 2.05) is 18.2 Å². The fourth-order valence-electron chi connectivity index (χ4n) is 2.26. The van der Waals surface area contributed by atoms with E-state index in [1.54, 1.807) is 11.8 Å². The minimum atomic E-state index is -0.259. The average Bonchev–Trinajstić information content (AvgIpc) is 2.50. The monoisotopic (exact) mass is 275 g/mol. The van der Waals surface area contributed by atoms with Crippen LogP contribution in [0.5, 0.6) is 0 Å². The highest BCUT2D eigenvalue weighted by Gasteiger charge is 2.21. The van der Waals surface area contributed by atoms with Gasteiger partial charge in [-0.1, -0.05) is 31.2 Å². The van der Waals surface area contributed by atoms with Gasteiger partial charge in [-0.3, -0.25) is 9.59 Å². The van der Waals surface area contributed by atoms with Crippen LogP contribution < -0.4 is 11.1 Å². The molecule has 0 aromatic heterocycles. The molecule has 0 saturated carbocycles. The Morgan fingerprint density at radius 2 is 2.05 bits per heavy atom. The number of fused-ring (bicyclic) bond motifs is 1. The van der Waals surface area contributed by atoms with Crippen molar-refractivity contribution in [3.63, 3.8) is 0 Å². The van der Waals surface area contributed by atoms with E-state index in [9.17, 15) is 9.59 Å². The molecule has 20 heavy (non-hydrogen) atoms. The molecule has 1 heterocycles. The summed E-state index contributed by atoms with van der Waals surface area (Å²) < 4.78 is 0. The largest absolute Gasteiger partial charge is 0.347 e. The second kappa shape index (κ2) is 6.52. The lowest BCUT2D eigenvalue weighted by molar-refractivity contribution is -0.134. The van der Waals surface area contributed by atoms with Crippen LogP contribution in [0.4, 0.5) is 0 Å². The van der Waals surface area contributed by atoms with Crippen molar-refractivity contribution in [2.75, 3.05) is 19.6 Å². The number of nitrogens with two attached hydrogens (primary N) is 1. The van der Waals surface area contributed by atoms with Crippen LogP contribution in [0.1, 0.15) is 18.1 Å². The van der Waals surface area contributed by atoms with Crippen molar-refractivity contribution in [1.82, 2.24) is 10.2 Å². The molecule has 3 N–H and O–H groups in total. The first-order valence-corrected chi connectivity index (χ1v) is 6.94. The van der Waals surface area contributed by atoms with Crippen LogP contribution in [0, 0.1) is 5.92 Å². The van der Waals surface area contributed by atoms with Gasteiger partial charge in [-0.15, -0.1) is 0 Å². The van der Waals surface area contributed by atoms with Crippen molar-refractivity contribution in [1.29, 1.82) is 0 Å². The molecule has 1 aliphatic heterocycles. The molecule has 0 radical (unpaired) electrons. The van der Waals surface area contributed by atoms with Crippen LogP contribution in [-0.2, 0) is 22.6 Å². The number of amides is 2. The maximum Gasteiger partial charge on any atom is 0.242 e. The third-order valence-electron chi connectivity index (χ3n) is 3.70. The lowest BCUT2D eigenvalue weighted by Crippen LogP contribution is -2.44. The Bertz CT molecular complexity index is 502. The number of benzene rings is 1. The van der Waals surface area contributed by atoms with E-state index in [-0.39, 0.29) is 30.8 Å². The molecule has 108 valence electrons. The second-order valence-electron chi connectivity index (χ2n) is 5.19. The number of rotatable bonds is 4. The molecular weight excluding hydrogens is 254 g/mol. The first-order chi connectivity index (χ1) is 9.61. The standard InChI is InChI=1S/C15H21N3O2/c1-11(8-16)15(20)17-9-14(19)18-7-6-12-4-2-3-5-13(12)10-18/h2-5,11H,6-10,16H2,1H3,(H,17,20). The van der Waals surface area contributed by atoms with Crippen molar-refractivity contribution >= 4 is 11.8 Å². The molecule has 0 aliphatic carbocycles.